The Morgan fingerprint density at radius 3 is 2.43 bits per heavy atom. The lowest BCUT2D eigenvalue weighted by Crippen LogP contribution is -2.49. The number of nitrogens with two attached hydrogens (primary N) is 1. The quantitative estimate of drug-likeness (QED) is 0.662. The van der Waals surface area contributed by atoms with Crippen LogP contribution in [0.2, 0.25) is 0 Å². The van der Waals surface area contributed by atoms with Crippen molar-refractivity contribution in [1.82, 2.24) is 5.43 Å². The maximum atomic E-state index is 13.7. The average molecular weight is 284 g/mol. The molecule has 0 spiro atoms. The molecule has 110 valence electrons. The Morgan fingerprint density at radius 1 is 1.14 bits per heavy atom. The molecule has 3 heteroatoms. The summed E-state index contributed by atoms with van der Waals surface area (Å²) in [6, 6.07) is 15.3. The molecular formula is C18H21FN2. The van der Waals surface area contributed by atoms with Crippen LogP contribution in [0.15, 0.2) is 48.5 Å². The second-order valence-corrected chi connectivity index (χ2v) is 5.98. The minimum Gasteiger partial charge on any atom is -0.271 e. The Labute approximate surface area is 125 Å². The van der Waals surface area contributed by atoms with Crippen LogP contribution < -0.4 is 11.3 Å². The molecule has 0 saturated heterocycles. The molecule has 0 heterocycles. The molecule has 0 aliphatic heterocycles. The fourth-order valence-electron chi connectivity index (χ4n) is 3.54. The van der Waals surface area contributed by atoms with Crippen molar-refractivity contribution >= 4 is 0 Å². The topological polar surface area (TPSA) is 38.0 Å². The third-order valence-electron chi connectivity index (χ3n) is 4.87. The van der Waals surface area contributed by atoms with Crippen molar-refractivity contribution in [3.05, 3.63) is 71.0 Å². The minimum atomic E-state index is -0.210. The van der Waals surface area contributed by atoms with Gasteiger partial charge in [0.1, 0.15) is 5.82 Å². The predicted molar refractivity (Wildman–Crippen MR) is 83.2 cm³/mol. The molecule has 1 aliphatic carbocycles. The van der Waals surface area contributed by atoms with Crippen LogP contribution in [0.3, 0.4) is 0 Å². The van der Waals surface area contributed by atoms with E-state index in [1.165, 1.54) is 18.1 Å². The van der Waals surface area contributed by atoms with Gasteiger partial charge in [0.15, 0.2) is 0 Å². The van der Waals surface area contributed by atoms with Crippen LogP contribution in [0.1, 0.15) is 42.0 Å². The molecule has 3 N–H and O–H groups in total. The SMILES string of the molecule is Cc1ccc(F)cc1C(NN)C1(c2ccccc2)CCC1. The van der Waals surface area contributed by atoms with Crippen molar-refractivity contribution in [2.45, 2.75) is 37.6 Å². The second-order valence-electron chi connectivity index (χ2n) is 5.98. The summed E-state index contributed by atoms with van der Waals surface area (Å²) in [7, 11) is 0. The first-order chi connectivity index (χ1) is 10.2. The molecular weight excluding hydrogens is 263 g/mol. The lowest BCUT2D eigenvalue weighted by atomic mass is 9.58. The molecule has 2 aromatic rings. The highest BCUT2D eigenvalue weighted by molar-refractivity contribution is 5.39. The third-order valence-corrected chi connectivity index (χ3v) is 4.87. The van der Waals surface area contributed by atoms with E-state index in [1.807, 2.05) is 19.1 Å². The van der Waals surface area contributed by atoms with Gasteiger partial charge in [-0.2, -0.15) is 0 Å². The van der Waals surface area contributed by atoms with Crippen LogP contribution in [0, 0.1) is 12.7 Å². The van der Waals surface area contributed by atoms with Crippen molar-refractivity contribution in [2.24, 2.45) is 5.84 Å². The molecule has 21 heavy (non-hydrogen) atoms. The van der Waals surface area contributed by atoms with Gasteiger partial charge in [-0.25, -0.2) is 4.39 Å². The first-order valence-corrected chi connectivity index (χ1v) is 7.45. The summed E-state index contributed by atoms with van der Waals surface area (Å²) in [5.41, 5.74) is 6.24. The zero-order chi connectivity index (χ0) is 14.9. The Hall–Kier alpha value is -1.71. The molecule has 1 saturated carbocycles. The number of hydrogen-bond acceptors (Lipinski definition) is 2. The fraction of sp³-hybridized carbons (Fsp3) is 0.333. The summed E-state index contributed by atoms with van der Waals surface area (Å²) < 4.78 is 13.7. The third kappa shape index (κ3) is 2.37. The highest BCUT2D eigenvalue weighted by Crippen LogP contribution is 2.52. The van der Waals surface area contributed by atoms with Crippen molar-refractivity contribution in [3.63, 3.8) is 0 Å². The minimum absolute atomic E-state index is 0.0332. The van der Waals surface area contributed by atoms with Crippen LogP contribution in [0.4, 0.5) is 4.39 Å². The van der Waals surface area contributed by atoms with Crippen LogP contribution in [-0.4, -0.2) is 0 Å². The molecule has 0 amide bonds. The van der Waals surface area contributed by atoms with Crippen LogP contribution in [0.5, 0.6) is 0 Å². The lowest BCUT2D eigenvalue weighted by Gasteiger charge is -2.48. The summed E-state index contributed by atoms with van der Waals surface area (Å²) in [6.45, 7) is 2.01. The van der Waals surface area contributed by atoms with E-state index >= 15 is 0 Å². The number of rotatable bonds is 4. The van der Waals surface area contributed by atoms with E-state index in [0.29, 0.717) is 0 Å². The standard InChI is InChI=1S/C18H21FN2/c1-13-8-9-15(19)12-16(13)17(21-20)18(10-5-11-18)14-6-3-2-4-7-14/h2-4,6-9,12,17,21H,5,10-11,20H2,1H3. The number of aryl methyl sites for hydroxylation is 1. The van der Waals surface area contributed by atoms with Gasteiger partial charge in [-0.05, 0) is 48.6 Å². The first-order valence-electron chi connectivity index (χ1n) is 7.45. The lowest BCUT2D eigenvalue weighted by molar-refractivity contribution is 0.169. The van der Waals surface area contributed by atoms with Gasteiger partial charge in [0.05, 0.1) is 6.04 Å². The molecule has 1 unspecified atom stereocenters. The predicted octanol–water partition coefficient (Wildman–Crippen LogP) is 3.76. The molecule has 2 nitrogen and oxygen atoms in total. The number of benzene rings is 2. The second kappa shape index (κ2) is 5.58. The van der Waals surface area contributed by atoms with Crippen molar-refractivity contribution in [3.8, 4) is 0 Å². The fourth-order valence-corrected chi connectivity index (χ4v) is 3.54. The van der Waals surface area contributed by atoms with Crippen LogP contribution in [-0.2, 0) is 5.41 Å². The molecule has 3 rings (SSSR count). The van der Waals surface area contributed by atoms with Gasteiger partial charge >= 0.3 is 0 Å². The van der Waals surface area contributed by atoms with E-state index < -0.39 is 0 Å². The zero-order valence-corrected chi connectivity index (χ0v) is 12.3. The van der Waals surface area contributed by atoms with Crippen molar-refractivity contribution in [1.29, 1.82) is 0 Å². The summed E-state index contributed by atoms with van der Waals surface area (Å²) in [6.07, 6.45) is 3.32. The van der Waals surface area contributed by atoms with Gasteiger partial charge in [-0.1, -0.05) is 42.8 Å². The van der Waals surface area contributed by atoms with E-state index in [0.717, 1.165) is 24.0 Å². The average Bonchev–Trinajstić information content (AvgIpc) is 2.46. The molecule has 2 aromatic carbocycles. The summed E-state index contributed by atoms with van der Waals surface area (Å²) in [5, 5.41) is 0. The van der Waals surface area contributed by atoms with E-state index in [2.05, 4.69) is 29.7 Å². The molecule has 1 fully saturated rings. The smallest absolute Gasteiger partial charge is 0.123 e. The van der Waals surface area contributed by atoms with Gasteiger partial charge < -0.3 is 0 Å². The van der Waals surface area contributed by atoms with Gasteiger partial charge in [-0.3, -0.25) is 11.3 Å². The van der Waals surface area contributed by atoms with Gasteiger partial charge in [0.25, 0.3) is 0 Å². The zero-order valence-electron chi connectivity index (χ0n) is 12.3. The van der Waals surface area contributed by atoms with E-state index in [4.69, 9.17) is 5.84 Å². The highest BCUT2D eigenvalue weighted by atomic mass is 19.1. The number of hydrazine groups is 1. The molecule has 1 atom stereocenters. The van der Waals surface area contributed by atoms with Gasteiger partial charge in [0.2, 0.25) is 0 Å². The van der Waals surface area contributed by atoms with Crippen molar-refractivity contribution < 1.29 is 4.39 Å². The van der Waals surface area contributed by atoms with Crippen molar-refractivity contribution in [2.75, 3.05) is 0 Å². The maximum absolute atomic E-state index is 13.7. The van der Waals surface area contributed by atoms with Crippen LogP contribution in [0.25, 0.3) is 0 Å². The summed E-state index contributed by atoms with van der Waals surface area (Å²) in [4.78, 5) is 0. The molecule has 1 aliphatic rings. The maximum Gasteiger partial charge on any atom is 0.123 e. The molecule has 0 bridgehead atoms. The van der Waals surface area contributed by atoms with E-state index in [9.17, 15) is 4.39 Å². The number of halogens is 1. The Kier molecular flexibility index (Phi) is 3.79. The summed E-state index contributed by atoms with van der Waals surface area (Å²) in [5.74, 6) is 5.67. The van der Waals surface area contributed by atoms with Gasteiger partial charge in [0, 0.05) is 5.41 Å². The number of hydrogen-bond donors (Lipinski definition) is 2. The Bertz CT molecular complexity index is 620. The largest absolute Gasteiger partial charge is 0.271 e. The van der Waals surface area contributed by atoms with Crippen LogP contribution >= 0.6 is 0 Å². The summed E-state index contributed by atoms with van der Waals surface area (Å²) >= 11 is 0. The highest BCUT2D eigenvalue weighted by Gasteiger charge is 2.46. The Morgan fingerprint density at radius 2 is 1.86 bits per heavy atom. The first kappa shape index (κ1) is 14.2. The van der Waals surface area contributed by atoms with E-state index in [-0.39, 0.29) is 17.3 Å². The monoisotopic (exact) mass is 284 g/mol. The normalized spacial score (nSPS) is 18.0. The van der Waals surface area contributed by atoms with E-state index in [1.54, 1.807) is 6.07 Å². The van der Waals surface area contributed by atoms with Gasteiger partial charge in [-0.15, -0.1) is 0 Å². The molecule has 0 radical (unpaired) electrons. The molecule has 0 aromatic heterocycles. The number of nitrogens with one attached hydrogen (secondary N) is 1. The Balaban J connectivity index is 2.08.